The zero-order chi connectivity index (χ0) is 14.7. The average molecular weight is 295 g/mol. The monoisotopic (exact) mass is 294 g/mol. The Morgan fingerprint density at radius 2 is 2.25 bits per heavy atom. The van der Waals surface area contributed by atoms with Crippen LogP contribution in [0.5, 0.6) is 0 Å². The number of benzene rings is 1. The lowest BCUT2D eigenvalue weighted by Gasteiger charge is -2.11. The molecule has 0 aliphatic heterocycles. The number of likely N-dealkylation sites (N-methyl/N-ethyl adjacent to an activating group) is 1. The summed E-state index contributed by atoms with van der Waals surface area (Å²) in [7, 11) is 1.57. The Kier molecular flexibility index (Phi) is 4.36. The van der Waals surface area contributed by atoms with Gasteiger partial charge in [0.1, 0.15) is 5.82 Å². The van der Waals surface area contributed by atoms with Crippen molar-refractivity contribution < 1.29 is 4.79 Å². The highest BCUT2D eigenvalue weighted by Crippen LogP contribution is 2.14. The van der Waals surface area contributed by atoms with Crippen molar-refractivity contribution in [3.8, 4) is 0 Å². The second-order valence-corrected chi connectivity index (χ2v) is 4.83. The summed E-state index contributed by atoms with van der Waals surface area (Å²) in [6.45, 7) is 2.02. The largest absolute Gasteiger partial charge is 0.358 e. The molecule has 0 radical (unpaired) electrons. The molecule has 7 heteroatoms. The van der Waals surface area contributed by atoms with Crippen LogP contribution >= 0.6 is 11.6 Å². The van der Waals surface area contributed by atoms with Crippen LogP contribution in [0.15, 0.2) is 23.0 Å². The van der Waals surface area contributed by atoms with E-state index in [2.05, 4.69) is 20.6 Å². The van der Waals surface area contributed by atoms with Crippen LogP contribution < -0.4 is 16.2 Å². The number of nitrogens with one attached hydrogen (secondary N) is 3. The van der Waals surface area contributed by atoms with E-state index in [1.165, 1.54) is 0 Å². The molecule has 2 aromatic rings. The first-order chi connectivity index (χ1) is 9.51. The van der Waals surface area contributed by atoms with Crippen LogP contribution in [0, 0.1) is 0 Å². The molecule has 1 amide bonds. The number of rotatable bonds is 4. The van der Waals surface area contributed by atoms with Gasteiger partial charge in [-0.15, -0.1) is 0 Å². The molecule has 3 N–H and O–H groups in total. The molecule has 0 saturated carbocycles. The minimum atomic E-state index is -0.375. The molecule has 0 fully saturated rings. The first kappa shape index (κ1) is 14.5. The maximum absolute atomic E-state index is 11.9. The summed E-state index contributed by atoms with van der Waals surface area (Å²) in [6.07, 6.45) is 0. The van der Waals surface area contributed by atoms with E-state index in [1.807, 2.05) is 0 Å². The number of aromatic nitrogens is 2. The van der Waals surface area contributed by atoms with Crippen molar-refractivity contribution in [2.45, 2.75) is 19.5 Å². The Morgan fingerprint density at radius 3 is 2.95 bits per heavy atom. The predicted octanol–water partition coefficient (Wildman–Crippen LogP) is 0.801. The van der Waals surface area contributed by atoms with Gasteiger partial charge in [0, 0.05) is 12.1 Å². The molecular weight excluding hydrogens is 280 g/mol. The quantitative estimate of drug-likeness (QED) is 0.778. The van der Waals surface area contributed by atoms with Crippen molar-refractivity contribution in [2.24, 2.45) is 0 Å². The molecule has 1 aromatic heterocycles. The van der Waals surface area contributed by atoms with Crippen LogP contribution in [0.25, 0.3) is 10.9 Å². The fraction of sp³-hybridized carbons (Fsp3) is 0.308. The second-order valence-electron chi connectivity index (χ2n) is 4.39. The van der Waals surface area contributed by atoms with E-state index in [0.29, 0.717) is 21.7 Å². The molecule has 0 bridgehead atoms. The lowest BCUT2D eigenvalue weighted by atomic mass is 10.2. The van der Waals surface area contributed by atoms with Gasteiger partial charge in [0.25, 0.3) is 5.56 Å². The summed E-state index contributed by atoms with van der Waals surface area (Å²) >= 11 is 5.89. The number of nitrogens with zero attached hydrogens (tertiary/aromatic N) is 1. The van der Waals surface area contributed by atoms with E-state index >= 15 is 0 Å². The highest BCUT2D eigenvalue weighted by Gasteiger charge is 2.11. The third kappa shape index (κ3) is 3.15. The third-order valence-corrected chi connectivity index (χ3v) is 3.17. The van der Waals surface area contributed by atoms with Crippen LogP contribution in [-0.4, -0.2) is 29.0 Å². The molecule has 1 heterocycles. The van der Waals surface area contributed by atoms with Gasteiger partial charge >= 0.3 is 0 Å². The summed E-state index contributed by atoms with van der Waals surface area (Å²) < 4.78 is 0. The maximum Gasteiger partial charge on any atom is 0.258 e. The highest BCUT2D eigenvalue weighted by atomic mass is 35.5. The van der Waals surface area contributed by atoms with Crippen molar-refractivity contribution in [3.05, 3.63) is 39.4 Å². The normalized spacial score (nSPS) is 12.3. The van der Waals surface area contributed by atoms with Gasteiger partial charge in [-0.1, -0.05) is 11.6 Å². The van der Waals surface area contributed by atoms with Gasteiger partial charge < -0.3 is 10.3 Å². The number of carbonyl (C=O) groups is 1. The van der Waals surface area contributed by atoms with E-state index in [9.17, 15) is 9.59 Å². The number of halogens is 1. The smallest absolute Gasteiger partial charge is 0.258 e. The Labute approximate surface area is 120 Å². The molecule has 1 aromatic carbocycles. The average Bonchev–Trinajstić information content (AvgIpc) is 2.43. The van der Waals surface area contributed by atoms with Crippen molar-refractivity contribution in [1.29, 1.82) is 0 Å². The van der Waals surface area contributed by atoms with E-state index < -0.39 is 0 Å². The first-order valence-corrected chi connectivity index (χ1v) is 6.52. The fourth-order valence-corrected chi connectivity index (χ4v) is 1.97. The van der Waals surface area contributed by atoms with Crippen molar-refractivity contribution in [3.63, 3.8) is 0 Å². The summed E-state index contributed by atoms with van der Waals surface area (Å²) in [5.41, 5.74) is 0.307. The van der Waals surface area contributed by atoms with Crippen molar-refractivity contribution >= 4 is 28.4 Å². The van der Waals surface area contributed by atoms with E-state index in [0.717, 1.165) is 0 Å². The van der Waals surface area contributed by atoms with Crippen LogP contribution in [0.3, 0.4) is 0 Å². The van der Waals surface area contributed by atoms with Gasteiger partial charge in [-0.05, 0) is 25.1 Å². The van der Waals surface area contributed by atoms with E-state index in [1.54, 1.807) is 32.2 Å². The van der Waals surface area contributed by atoms with Crippen LogP contribution in [0.1, 0.15) is 12.7 Å². The van der Waals surface area contributed by atoms with Crippen LogP contribution in [0.2, 0.25) is 5.02 Å². The lowest BCUT2D eigenvalue weighted by Crippen LogP contribution is -2.40. The molecule has 0 spiro atoms. The van der Waals surface area contributed by atoms with Gasteiger partial charge in [0.2, 0.25) is 5.91 Å². The number of H-pyrrole nitrogens is 1. The summed E-state index contributed by atoms with van der Waals surface area (Å²) in [5.74, 6) is 0.330. The molecular formula is C13H15ClN4O2. The van der Waals surface area contributed by atoms with Gasteiger partial charge in [-0.25, -0.2) is 4.98 Å². The van der Waals surface area contributed by atoms with E-state index in [4.69, 9.17) is 11.6 Å². The molecule has 2 rings (SSSR count). The Balaban J connectivity index is 2.23. The molecule has 6 nitrogen and oxygen atoms in total. The number of carbonyl (C=O) groups excluding carboxylic acids is 1. The zero-order valence-corrected chi connectivity index (χ0v) is 11.9. The van der Waals surface area contributed by atoms with Crippen molar-refractivity contribution in [1.82, 2.24) is 20.6 Å². The molecule has 0 aliphatic rings. The zero-order valence-electron chi connectivity index (χ0n) is 11.2. The van der Waals surface area contributed by atoms with Gasteiger partial charge in [0.05, 0.1) is 23.5 Å². The SMILES string of the molecule is CNC(=O)C(C)NCc1nc2cc(Cl)ccc2c(=O)[nH]1. The highest BCUT2D eigenvalue weighted by molar-refractivity contribution is 6.31. The molecule has 0 saturated heterocycles. The Morgan fingerprint density at radius 1 is 1.50 bits per heavy atom. The summed E-state index contributed by atoms with van der Waals surface area (Å²) in [6, 6.07) is 4.54. The Bertz CT molecular complexity index is 698. The van der Waals surface area contributed by atoms with Gasteiger partial charge in [0.15, 0.2) is 0 Å². The number of amides is 1. The number of aromatic amines is 1. The maximum atomic E-state index is 11.9. The minimum Gasteiger partial charge on any atom is -0.358 e. The van der Waals surface area contributed by atoms with Crippen LogP contribution in [0.4, 0.5) is 0 Å². The second kappa shape index (κ2) is 6.02. The molecule has 0 aliphatic carbocycles. The predicted molar refractivity (Wildman–Crippen MR) is 77.7 cm³/mol. The number of fused-ring (bicyclic) bond motifs is 1. The van der Waals surface area contributed by atoms with Gasteiger partial charge in [-0.2, -0.15) is 0 Å². The Hall–Kier alpha value is -1.92. The van der Waals surface area contributed by atoms with E-state index in [-0.39, 0.29) is 24.1 Å². The molecule has 106 valence electrons. The van der Waals surface area contributed by atoms with Crippen LogP contribution in [-0.2, 0) is 11.3 Å². The topological polar surface area (TPSA) is 86.9 Å². The molecule has 1 atom stereocenters. The fourth-order valence-electron chi connectivity index (χ4n) is 1.80. The van der Waals surface area contributed by atoms with Gasteiger partial charge in [-0.3, -0.25) is 14.9 Å². The first-order valence-electron chi connectivity index (χ1n) is 6.14. The molecule has 1 unspecified atom stereocenters. The third-order valence-electron chi connectivity index (χ3n) is 2.93. The minimum absolute atomic E-state index is 0.129. The number of hydrogen-bond donors (Lipinski definition) is 3. The number of hydrogen-bond acceptors (Lipinski definition) is 4. The summed E-state index contributed by atoms with van der Waals surface area (Å²) in [5, 5.41) is 6.52. The standard InChI is InChI=1S/C13H15ClN4O2/c1-7(12(19)15-2)16-6-11-17-10-5-8(14)3-4-9(10)13(20)18-11/h3-5,7,16H,6H2,1-2H3,(H,15,19)(H,17,18,20). The lowest BCUT2D eigenvalue weighted by molar-refractivity contribution is -0.122. The summed E-state index contributed by atoms with van der Waals surface area (Å²) in [4.78, 5) is 30.3. The molecule has 20 heavy (non-hydrogen) atoms. The van der Waals surface area contributed by atoms with Crippen molar-refractivity contribution in [2.75, 3.05) is 7.05 Å².